The first-order chi connectivity index (χ1) is 7.20. The number of aromatic nitrogens is 2. The van der Waals surface area contributed by atoms with Crippen molar-refractivity contribution in [2.45, 2.75) is 53.9 Å². The topological polar surface area (TPSA) is 25.8 Å². The van der Waals surface area contributed by atoms with Gasteiger partial charge in [-0.05, 0) is 28.7 Å². The smallest absolute Gasteiger partial charge is 0.115 e. The molecule has 1 unspecified atom stereocenters. The van der Waals surface area contributed by atoms with Crippen molar-refractivity contribution in [3.63, 3.8) is 0 Å². The molecule has 16 heavy (non-hydrogen) atoms. The van der Waals surface area contributed by atoms with Crippen molar-refractivity contribution in [1.82, 2.24) is 9.97 Å². The molecule has 1 atom stereocenters. The molecular formula is C14H24N2. The summed E-state index contributed by atoms with van der Waals surface area (Å²) in [5, 5.41) is 0. The molecular weight excluding hydrogens is 196 g/mol. The Hall–Kier alpha value is -0.920. The number of hydrogen-bond acceptors (Lipinski definition) is 2. The second kappa shape index (κ2) is 4.52. The van der Waals surface area contributed by atoms with E-state index >= 15 is 0 Å². The van der Waals surface area contributed by atoms with E-state index < -0.39 is 0 Å². The summed E-state index contributed by atoms with van der Waals surface area (Å²) in [7, 11) is 0. The first kappa shape index (κ1) is 13.1. The molecule has 1 aromatic rings. The molecule has 0 aromatic carbocycles. The molecule has 0 spiro atoms. The van der Waals surface area contributed by atoms with Gasteiger partial charge in [-0.2, -0.15) is 0 Å². The summed E-state index contributed by atoms with van der Waals surface area (Å²) in [6.07, 6.45) is 6.66. The molecule has 0 aliphatic heterocycles. The van der Waals surface area contributed by atoms with Gasteiger partial charge in [-0.3, -0.25) is 0 Å². The zero-order valence-corrected chi connectivity index (χ0v) is 11.4. The van der Waals surface area contributed by atoms with Gasteiger partial charge >= 0.3 is 0 Å². The number of hydrogen-bond donors (Lipinski definition) is 0. The van der Waals surface area contributed by atoms with Gasteiger partial charge < -0.3 is 0 Å². The van der Waals surface area contributed by atoms with Crippen LogP contribution >= 0.6 is 0 Å². The lowest BCUT2D eigenvalue weighted by molar-refractivity contribution is 0.228. The van der Waals surface area contributed by atoms with Crippen LogP contribution in [-0.4, -0.2) is 9.97 Å². The summed E-state index contributed by atoms with van der Waals surface area (Å²) in [4.78, 5) is 8.28. The Kier molecular flexibility index (Phi) is 3.72. The Bertz CT molecular complexity index is 317. The van der Waals surface area contributed by atoms with E-state index in [1.165, 1.54) is 5.56 Å². The lowest BCUT2D eigenvalue weighted by Gasteiger charge is -2.35. The Balaban J connectivity index is 2.98. The van der Waals surface area contributed by atoms with Gasteiger partial charge in [0.1, 0.15) is 6.33 Å². The average molecular weight is 220 g/mol. The van der Waals surface area contributed by atoms with E-state index in [0.29, 0.717) is 11.3 Å². The van der Waals surface area contributed by atoms with E-state index in [4.69, 9.17) is 0 Å². The van der Waals surface area contributed by atoms with E-state index in [1.807, 2.05) is 12.4 Å². The maximum absolute atomic E-state index is 4.14. The standard InChI is InChI=1S/C14H24N2/c1-13(2,3)7-12(14(4,5)6)11-8-15-10-16-9-11/h8-10,12H,7H2,1-6H3. The number of nitrogens with zero attached hydrogens (tertiary/aromatic N) is 2. The van der Waals surface area contributed by atoms with Crippen LogP contribution in [0.4, 0.5) is 0 Å². The highest BCUT2D eigenvalue weighted by Crippen LogP contribution is 2.42. The maximum Gasteiger partial charge on any atom is 0.115 e. The highest BCUT2D eigenvalue weighted by Gasteiger charge is 2.30. The van der Waals surface area contributed by atoms with Crippen molar-refractivity contribution < 1.29 is 0 Å². The van der Waals surface area contributed by atoms with Crippen molar-refractivity contribution in [3.8, 4) is 0 Å². The highest BCUT2D eigenvalue weighted by atomic mass is 14.8. The molecule has 90 valence electrons. The van der Waals surface area contributed by atoms with Gasteiger partial charge in [0.05, 0.1) is 0 Å². The first-order valence-corrected chi connectivity index (χ1v) is 5.95. The van der Waals surface area contributed by atoms with Crippen LogP contribution in [-0.2, 0) is 0 Å². The molecule has 0 radical (unpaired) electrons. The number of rotatable bonds is 2. The molecule has 0 saturated carbocycles. The minimum atomic E-state index is 0.248. The average Bonchev–Trinajstić information content (AvgIpc) is 2.13. The molecule has 0 aliphatic rings. The Morgan fingerprint density at radius 3 is 1.88 bits per heavy atom. The minimum absolute atomic E-state index is 0.248. The maximum atomic E-state index is 4.14. The fourth-order valence-electron chi connectivity index (χ4n) is 2.03. The normalized spacial score (nSPS) is 14.9. The third kappa shape index (κ3) is 3.92. The molecule has 1 aromatic heterocycles. The lowest BCUT2D eigenvalue weighted by atomic mass is 9.70. The summed E-state index contributed by atoms with van der Waals surface area (Å²) >= 11 is 0. The fourth-order valence-corrected chi connectivity index (χ4v) is 2.03. The van der Waals surface area contributed by atoms with Gasteiger partial charge in [0.2, 0.25) is 0 Å². The monoisotopic (exact) mass is 220 g/mol. The van der Waals surface area contributed by atoms with Crippen LogP contribution in [0.25, 0.3) is 0 Å². The predicted octanol–water partition coefficient (Wildman–Crippen LogP) is 4.04. The molecule has 1 heterocycles. The van der Waals surface area contributed by atoms with Crippen LogP contribution in [0.3, 0.4) is 0 Å². The largest absolute Gasteiger partial charge is 0.245 e. The van der Waals surface area contributed by atoms with Crippen molar-refractivity contribution in [2.24, 2.45) is 10.8 Å². The summed E-state index contributed by atoms with van der Waals surface area (Å²) in [5.74, 6) is 0.508. The van der Waals surface area contributed by atoms with Crippen LogP contribution in [0, 0.1) is 10.8 Å². The molecule has 2 nitrogen and oxygen atoms in total. The van der Waals surface area contributed by atoms with E-state index in [1.54, 1.807) is 6.33 Å². The van der Waals surface area contributed by atoms with Crippen molar-refractivity contribution in [3.05, 3.63) is 24.3 Å². The van der Waals surface area contributed by atoms with Gasteiger partial charge in [0, 0.05) is 12.4 Å². The minimum Gasteiger partial charge on any atom is -0.245 e. The van der Waals surface area contributed by atoms with Crippen LogP contribution in [0.15, 0.2) is 18.7 Å². The third-order valence-electron chi connectivity index (χ3n) is 2.84. The Morgan fingerprint density at radius 1 is 1.00 bits per heavy atom. The van der Waals surface area contributed by atoms with Gasteiger partial charge in [0.25, 0.3) is 0 Å². The van der Waals surface area contributed by atoms with Crippen molar-refractivity contribution >= 4 is 0 Å². The van der Waals surface area contributed by atoms with E-state index in [-0.39, 0.29) is 5.41 Å². The summed E-state index contributed by atoms with van der Waals surface area (Å²) in [6, 6.07) is 0. The molecule has 0 saturated heterocycles. The lowest BCUT2D eigenvalue weighted by Crippen LogP contribution is -2.24. The highest BCUT2D eigenvalue weighted by molar-refractivity contribution is 5.14. The third-order valence-corrected chi connectivity index (χ3v) is 2.84. The predicted molar refractivity (Wildman–Crippen MR) is 68.3 cm³/mol. The van der Waals surface area contributed by atoms with Gasteiger partial charge in [-0.25, -0.2) is 9.97 Å². The van der Waals surface area contributed by atoms with Crippen LogP contribution in [0.5, 0.6) is 0 Å². The van der Waals surface area contributed by atoms with Gasteiger partial charge in [-0.1, -0.05) is 41.5 Å². The second-order valence-corrected chi connectivity index (χ2v) is 6.86. The van der Waals surface area contributed by atoms with E-state index in [0.717, 1.165) is 6.42 Å². The van der Waals surface area contributed by atoms with Crippen LogP contribution in [0.1, 0.15) is 59.4 Å². The molecule has 0 N–H and O–H groups in total. The van der Waals surface area contributed by atoms with Crippen molar-refractivity contribution in [1.29, 1.82) is 0 Å². The molecule has 0 bridgehead atoms. The van der Waals surface area contributed by atoms with Gasteiger partial charge in [-0.15, -0.1) is 0 Å². The SMILES string of the molecule is CC(C)(C)CC(c1cncnc1)C(C)(C)C. The molecule has 0 aliphatic carbocycles. The van der Waals surface area contributed by atoms with Crippen molar-refractivity contribution in [2.75, 3.05) is 0 Å². The Morgan fingerprint density at radius 2 is 1.50 bits per heavy atom. The molecule has 0 fully saturated rings. The van der Waals surface area contributed by atoms with Crippen LogP contribution < -0.4 is 0 Å². The zero-order valence-electron chi connectivity index (χ0n) is 11.4. The molecule has 2 heteroatoms. The quantitative estimate of drug-likeness (QED) is 0.751. The van der Waals surface area contributed by atoms with E-state index in [9.17, 15) is 0 Å². The van der Waals surface area contributed by atoms with E-state index in [2.05, 4.69) is 51.5 Å². The van der Waals surface area contributed by atoms with Gasteiger partial charge in [0.15, 0.2) is 0 Å². The second-order valence-electron chi connectivity index (χ2n) is 6.86. The summed E-state index contributed by atoms with van der Waals surface area (Å²) < 4.78 is 0. The summed E-state index contributed by atoms with van der Waals surface area (Å²) in [5.41, 5.74) is 1.83. The van der Waals surface area contributed by atoms with Crippen LogP contribution in [0.2, 0.25) is 0 Å². The Labute approximate surface area is 99.5 Å². The molecule has 0 amide bonds. The molecule has 1 rings (SSSR count). The first-order valence-electron chi connectivity index (χ1n) is 5.95. The summed E-state index contributed by atoms with van der Waals surface area (Å²) in [6.45, 7) is 13.7. The zero-order chi connectivity index (χ0) is 12.4. The fraction of sp³-hybridized carbons (Fsp3) is 0.714.